The van der Waals surface area contributed by atoms with Crippen LogP contribution in [0.3, 0.4) is 0 Å². The molecule has 0 spiro atoms. The van der Waals surface area contributed by atoms with Gasteiger partial charge in [0.05, 0.1) is 0 Å². The Hall–Kier alpha value is 0.270. The zero-order valence-electron chi connectivity index (χ0n) is 4.06. The highest BCUT2D eigenvalue weighted by molar-refractivity contribution is 7.59. The van der Waals surface area contributed by atoms with Crippen molar-refractivity contribution in [2.75, 3.05) is 7.11 Å². The van der Waals surface area contributed by atoms with Crippen LogP contribution in [-0.2, 0) is 4.74 Å². The normalized spacial score (nSPS) is 12.5. The van der Waals surface area contributed by atoms with Crippen LogP contribution in [-0.4, -0.2) is 13.3 Å². The lowest BCUT2D eigenvalue weighted by atomic mass is 10.7. The van der Waals surface area contributed by atoms with Gasteiger partial charge in [0.1, 0.15) is 6.23 Å². The molecule has 6 heavy (non-hydrogen) atoms. The van der Waals surface area contributed by atoms with Crippen LogP contribution < -0.4 is 5.73 Å². The summed E-state index contributed by atoms with van der Waals surface area (Å²) < 4.78 is 4.53. The highest BCUT2D eigenvalue weighted by atomic mass is 32.1. The van der Waals surface area contributed by atoms with E-state index in [0.29, 0.717) is 0 Å². The molecule has 1 atom stereocenters. The van der Waals surface area contributed by atoms with Crippen LogP contribution in [0, 0.1) is 0 Å². The van der Waals surface area contributed by atoms with E-state index in [1.54, 1.807) is 14.0 Å². The van der Waals surface area contributed by atoms with Crippen LogP contribution in [0.4, 0.5) is 0 Å². The molecule has 2 N–H and O–H groups in total. The summed E-state index contributed by atoms with van der Waals surface area (Å²) >= 11 is 0. The van der Waals surface area contributed by atoms with Gasteiger partial charge in [-0.3, -0.25) is 0 Å². The Bertz CT molecular complexity index is 24.8. The molecule has 1 unspecified atom stereocenters. The van der Waals surface area contributed by atoms with E-state index in [1.807, 2.05) is 0 Å². The molecular formula is C3H11NOS. The van der Waals surface area contributed by atoms with Crippen molar-refractivity contribution in [1.82, 2.24) is 0 Å². The Balaban J connectivity index is 0. The van der Waals surface area contributed by atoms with E-state index in [1.165, 1.54) is 0 Å². The SMILES string of the molecule is COC(C)N.S. The van der Waals surface area contributed by atoms with Gasteiger partial charge in [0, 0.05) is 7.11 Å². The maximum absolute atomic E-state index is 5.07. The molecule has 0 rings (SSSR count). The summed E-state index contributed by atoms with van der Waals surface area (Å²) in [4.78, 5) is 0. The molecule has 0 aliphatic carbocycles. The zero-order valence-corrected chi connectivity index (χ0v) is 5.06. The van der Waals surface area contributed by atoms with E-state index < -0.39 is 0 Å². The van der Waals surface area contributed by atoms with Crippen LogP contribution in [0.5, 0.6) is 0 Å². The average molecular weight is 109 g/mol. The van der Waals surface area contributed by atoms with E-state index >= 15 is 0 Å². The van der Waals surface area contributed by atoms with Gasteiger partial charge in [-0.1, -0.05) is 0 Å². The fourth-order valence-corrected chi connectivity index (χ4v) is 0. The zero-order chi connectivity index (χ0) is 4.28. The third kappa shape index (κ3) is 8.86. The fraction of sp³-hybridized carbons (Fsp3) is 1.00. The molecule has 0 aromatic heterocycles. The first-order chi connectivity index (χ1) is 2.27. The van der Waals surface area contributed by atoms with Gasteiger partial charge in [0.25, 0.3) is 0 Å². The number of ether oxygens (including phenoxy) is 1. The van der Waals surface area contributed by atoms with E-state index in [-0.39, 0.29) is 19.7 Å². The molecule has 0 radical (unpaired) electrons. The van der Waals surface area contributed by atoms with Crippen LogP contribution >= 0.6 is 13.5 Å². The minimum absolute atomic E-state index is 0. The number of nitrogens with two attached hydrogens (primary N) is 1. The molecule has 0 saturated carbocycles. The Morgan fingerprint density at radius 3 is 1.83 bits per heavy atom. The number of hydrogen-bond acceptors (Lipinski definition) is 2. The first-order valence-corrected chi connectivity index (χ1v) is 1.55. The molecule has 0 amide bonds. The molecule has 0 aromatic carbocycles. The first kappa shape index (κ1) is 9.55. The lowest BCUT2D eigenvalue weighted by molar-refractivity contribution is 0.124. The highest BCUT2D eigenvalue weighted by Crippen LogP contribution is 1.66. The van der Waals surface area contributed by atoms with Gasteiger partial charge in [-0.15, -0.1) is 0 Å². The van der Waals surface area contributed by atoms with Crippen molar-refractivity contribution < 1.29 is 4.74 Å². The molecule has 0 bridgehead atoms. The highest BCUT2D eigenvalue weighted by Gasteiger charge is 1.78. The molecule has 0 heterocycles. The maximum atomic E-state index is 5.07. The minimum Gasteiger partial charge on any atom is -0.367 e. The monoisotopic (exact) mass is 109 g/mol. The molecule has 0 saturated heterocycles. The Labute approximate surface area is 45.1 Å². The Kier molecular flexibility index (Phi) is 8.39. The summed E-state index contributed by atoms with van der Waals surface area (Å²) in [6.07, 6.45) is -0.116. The molecule has 2 nitrogen and oxygen atoms in total. The first-order valence-electron chi connectivity index (χ1n) is 1.55. The summed E-state index contributed by atoms with van der Waals surface area (Å²) in [5, 5.41) is 0. The van der Waals surface area contributed by atoms with Gasteiger partial charge < -0.3 is 10.5 Å². The minimum atomic E-state index is -0.116. The third-order valence-electron chi connectivity index (χ3n) is 0.372. The molecular weight excluding hydrogens is 98.1 g/mol. The topological polar surface area (TPSA) is 35.2 Å². The molecule has 0 aromatic rings. The lowest BCUT2D eigenvalue weighted by Gasteiger charge is -1.95. The summed E-state index contributed by atoms with van der Waals surface area (Å²) in [5.41, 5.74) is 5.07. The van der Waals surface area contributed by atoms with E-state index in [4.69, 9.17) is 5.73 Å². The predicted octanol–water partition coefficient (Wildman–Crippen LogP) is 0.0503. The second-order valence-electron chi connectivity index (χ2n) is 0.941. The summed E-state index contributed by atoms with van der Waals surface area (Å²) in [7, 11) is 1.57. The summed E-state index contributed by atoms with van der Waals surface area (Å²) in [6, 6.07) is 0. The van der Waals surface area contributed by atoms with E-state index in [9.17, 15) is 0 Å². The second kappa shape index (κ2) is 5.27. The van der Waals surface area contributed by atoms with Crippen molar-refractivity contribution in [3.8, 4) is 0 Å². The van der Waals surface area contributed by atoms with Crippen molar-refractivity contribution in [2.24, 2.45) is 5.73 Å². The summed E-state index contributed by atoms with van der Waals surface area (Å²) in [6.45, 7) is 1.78. The molecule has 3 heteroatoms. The summed E-state index contributed by atoms with van der Waals surface area (Å²) in [5.74, 6) is 0. The molecule has 0 aliphatic heterocycles. The molecule has 0 aliphatic rings. The quantitative estimate of drug-likeness (QED) is 0.483. The number of methoxy groups -OCH3 is 1. The van der Waals surface area contributed by atoms with Crippen molar-refractivity contribution in [3.05, 3.63) is 0 Å². The van der Waals surface area contributed by atoms with Crippen molar-refractivity contribution in [1.29, 1.82) is 0 Å². The largest absolute Gasteiger partial charge is 0.367 e. The second-order valence-corrected chi connectivity index (χ2v) is 0.941. The van der Waals surface area contributed by atoms with Gasteiger partial charge in [0.2, 0.25) is 0 Å². The van der Waals surface area contributed by atoms with Gasteiger partial charge in [-0.05, 0) is 6.92 Å². The number of rotatable bonds is 1. The molecule has 40 valence electrons. The van der Waals surface area contributed by atoms with Crippen molar-refractivity contribution in [3.63, 3.8) is 0 Å². The average Bonchev–Trinajstić information content (AvgIpc) is 1.38. The van der Waals surface area contributed by atoms with E-state index in [2.05, 4.69) is 4.74 Å². The van der Waals surface area contributed by atoms with Crippen molar-refractivity contribution in [2.45, 2.75) is 13.2 Å². The third-order valence-corrected chi connectivity index (χ3v) is 0.372. The van der Waals surface area contributed by atoms with Crippen LogP contribution in [0.15, 0.2) is 0 Å². The van der Waals surface area contributed by atoms with Crippen LogP contribution in [0.25, 0.3) is 0 Å². The maximum Gasteiger partial charge on any atom is 0.102 e. The van der Waals surface area contributed by atoms with Crippen molar-refractivity contribution >= 4 is 13.5 Å². The van der Waals surface area contributed by atoms with Gasteiger partial charge in [0.15, 0.2) is 0 Å². The Morgan fingerprint density at radius 1 is 1.67 bits per heavy atom. The molecule has 0 fully saturated rings. The lowest BCUT2D eigenvalue weighted by Crippen LogP contribution is -2.15. The number of hydrogen-bond donors (Lipinski definition) is 1. The van der Waals surface area contributed by atoms with Gasteiger partial charge in [-0.25, -0.2) is 0 Å². The van der Waals surface area contributed by atoms with Crippen LogP contribution in [0.1, 0.15) is 6.92 Å². The van der Waals surface area contributed by atoms with Crippen LogP contribution in [0.2, 0.25) is 0 Å². The smallest absolute Gasteiger partial charge is 0.102 e. The van der Waals surface area contributed by atoms with E-state index in [0.717, 1.165) is 0 Å². The fourth-order valence-electron chi connectivity index (χ4n) is 0. The predicted molar refractivity (Wildman–Crippen MR) is 31.0 cm³/mol. The Morgan fingerprint density at radius 2 is 1.83 bits per heavy atom. The van der Waals surface area contributed by atoms with Gasteiger partial charge in [-0.2, -0.15) is 13.5 Å². The standard InChI is InChI=1S/C3H9NO.H2S/c1-3(4)5-2;/h3H,4H2,1-2H3;1H2. The van der Waals surface area contributed by atoms with Gasteiger partial charge >= 0.3 is 0 Å².